The Bertz CT molecular complexity index is 1110. The molecule has 0 spiro atoms. The van der Waals surface area contributed by atoms with E-state index in [9.17, 15) is 19.2 Å². The Morgan fingerprint density at radius 3 is 2.30 bits per heavy atom. The van der Waals surface area contributed by atoms with Crippen LogP contribution in [0, 0.1) is 11.8 Å². The lowest BCUT2D eigenvalue weighted by atomic mass is 9.73. The third-order valence-electron chi connectivity index (χ3n) is 5.75. The van der Waals surface area contributed by atoms with Crippen molar-refractivity contribution in [1.82, 2.24) is 0 Å². The molecule has 6 heteroatoms. The molecule has 0 bridgehead atoms. The Kier molecular flexibility index (Phi) is 4.80. The molecule has 2 unspecified atom stereocenters. The van der Waals surface area contributed by atoms with Gasteiger partial charge in [-0.15, -0.1) is 0 Å². The van der Waals surface area contributed by atoms with Crippen molar-refractivity contribution in [1.29, 1.82) is 0 Å². The van der Waals surface area contributed by atoms with Crippen LogP contribution in [0.25, 0.3) is 0 Å². The van der Waals surface area contributed by atoms with Crippen LogP contribution >= 0.6 is 0 Å². The van der Waals surface area contributed by atoms with E-state index >= 15 is 0 Å². The molecule has 2 aromatic rings. The second-order valence-corrected chi connectivity index (χ2v) is 8.11. The normalized spacial score (nSPS) is 19.8. The fraction of sp³-hybridized carbons (Fsp3) is 0.333. The summed E-state index contributed by atoms with van der Waals surface area (Å²) in [4.78, 5) is 51.8. The molecule has 2 aromatic carbocycles. The van der Waals surface area contributed by atoms with Crippen LogP contribution < -0.4 is 4.74 Å². The van der Waals surface area contributed by atoms with Crippen molar-refractivity contribution in [3.63, 3.8) is 0 Å². The van der Waals surface area contributed by atoms with Gasteiger partial charge in [0.15, 0.2) is 17.3 Å². The molecule has 0 amide bonds. The van der Waals surface area contributed by atoms with Gasteiger partial charge in [0.25, 0.3) is 0 Å². The molecule has 6 nitrogen and oxygen atoms in total. The molecule has 0 aromatic heterocycles. The Balaban J connectivity index is 1.91. The smallest absolute Gasteiger partial charge is 0.308 e. The Hall–Kier alpha value is -3.28. The monoisotopic (exact) mass is 406 g/mol. The van der Waals surface area contributed by atoms with Crippen LogP contribution in [-0.2, 0) is 9.53 Å². The van der Waals surface area contributed by atoms with Gasteiger partial charge in [-0.1, -0.05) is 39.0 Å². The van der Waals surface area contributed by atoms with Gasteiger partial charge in [-0.2, -0.15) is 0 Å². The van der Waals surface area contributed by atoms with Gasteiger partial charge in [-0.25, -0.2) is 0 Å². The van der Waals surface area contributed by atoms with Crippen LogP contribution in [0.3, 0.4) is 0 Å². The molecule has 0 radical (unpaired) electrons. The van der Waals surface area contributed by atoms with Crippen LogP contribution in [0.15, 0.2) is 30.3 Å². The largest absolute Gasteiger partial charge is 0.496 e. The molecule has 0 saturated heterocycles. The van der Waals surface area contributed by atoms with E-state index in [0.717, 1.165) is 0 Å². The number of hydrogen-bond acceptors (Lipinski definition) is 6. The fourth-order valence-corrected chi connectivity index (χ4v) is 4.22. The van der Waals surface area contributed by atoms with E-state index in [1.54, 1.807) is 44.2 Å². The number of carbonyl (C=O) groups is 4. The number of methoxy groups -OCH3 is 1. The minimum absolute atomic E-state index is 0.0979. The number of carbonyl (C=O) groups excluding carboxylic acids is 4. The Labute approximate surface area is 174 Å². The second-order valence-electron chi connectivity index (χ2n) is 8.11. The van der Waals surface area contributed by atoms with E-state index in [0.29, 0.717) is 11.3 Å². The van der Waals surface area contributed by atoms with Crippen molar-refractivity contribution in [2.45, 2.75) is 33.3 Å². The standard InChI is InChI=1S/C24H22O6/c1-11(2)24(28)30-23-12(3)10-16(25)18-15(23)9-8-14-20(18)22(27)13-6-5-7-17(29-4)19(13)21(14)26/h5-9,11-12,23H,10H2,1-4H3. The Morgan fingerprint density at radius 1 is 0.967 bits per heavy atom. The summed E-state index contributed by atoms with van der Waals surface area (Å²) < 4.78 is 11.0. The summed E-state index contributed by atoms with van der Waals surface area (Å²) in [5.41, 5.74) is 1.37. The highest BCUT2D eigenvalue weighted by molar-refractivity contribution is 6.32. The number of Topliss-reactive ketones (excluding diaryl/α,β-unsaturated/α-hetero) is 1. The van der Waals surface area contributed by atoms with Gasteiger partial charge in [-0.05, 0) is 12.1 Å². The predicted molar refractivity (Wildman–Crippen MR) is 108 cm³/mol. The molecule has 4 rings (SSSR count). The number of rotatable bonds is 3. The molecule has 0 N–H and O–H groups in total. The zero-order valence-corrected chi connectivity index (χ0v) is 17.3. The maximum atomic E-state index is 13.4. The van der Waals surface area contributed by atoms with Crippen LogP contribution in [0.1, 0.15) is 81.1 Å². The first-order chi connectivity index (χ1) is 14.3. The summed E-state index contributed by atoms with van der Waals surface area (Å²) in [6, 6.07) is 8.01. The van der Waals surface area contributed by atoms with Crippen molar-refractivity contribution < 1.29 is 28.7 Å². The zero-order chi connectivity index (χ0) is 21.7. The topological polar surface area (TPSA) is 86.7 Å². The number of esters is 1. The molecule has 0 saturated carbocycles. The van der Waals surface area contributed by atoms with Gasteiger partial charge in [0.2, 0.25) is 0 Å². The molecule has 2 aliphatic carbocycles. The first-order valence-electron chi connectivity index (χ1n) is 9.93. The number of hydrogen-bond donors (Lipinski definition) is 0. The molecule has 0 aliphatic heterocycles. The third-order valence-corrected chi connectivity index (χ3v) is 5.75. The summed E-state index contributed by atoms with van der Waals surface area (Å²) >= 11 is 0. The van der Waals surface area contributed by atoms with Crippen LogP contribution in [0.5, 0.6) is 5.75 Å². The summed E-state index contributed by atoms with van der Waals surface area (Å²) in [7, 11) is 1.44. The number of ketones is 3. The molecule has 0 fully saturated rings. The molecule has 30 heavy (non-hydrogen) atoms. The van der Waals surface area contributed by atoms with E-state index in [-0.39, 0.29) is 63.6 Å². The molecule has 2 aliphatic rings. The van der Waals surface area contributed by atoms with E-state index < -0.39 is 11.9 Å². The third kappa shape index (κ3) is 2.86. The van der Waals surface area contributed by atoms with Crippen molar-refractivity contribution >= 4 is 23.3 Å². The van der Waals surface area contributed by atoms with Crippen molar-refractivity contribution in [3.8, 4) is 5.75 Å². The average molecular weight is 406 g/mol. The number of benzene rings is 2. The maximum absolute atomic E-state index is 13.4. The average Bonchev–Trinajstić information content (AvgIpc) is 2.73. The zero-order valence-electron chi connectivity index (χ0n) is 17.3. The highest BCUT2D eigenvalue weighted by Gasteiger charge is 2.42. The van der Waals surface area contributed by atoms with Gasteiger partial charge in [0.05, 0.1) is 18.6 Å². The van der Waals surface area contributed by atoms with Crippen molar-refractivity contribution in [2.24, 2.45) is 11.8 Å². The lowest BCUT2D eigenvalue weighted by Gasteiger charge is -2.33. The van der Waals surface area contributed by atoms with Crippen LogP contribution in [-0.4, -0.2) is 30.4 Å². The second kappa shape index (κ2) is 7.20. The minimum Gasteiger partial charge on any atom is -0.496 e. The van der Waals surface area contributed by atoms with Crippen molar-refractivity contribution in [2.75, 3.05) is 7.11 Å². The van der Waals surface area contributed by atoms with Gasteiger partial charge in [0.1, 0.15) is 11.9 Å². The lowest BCUT2D eigenvalue weighted by Crippen LogP contribution is -2.32. The van der Waals surface area contributed by atoms with Gasteiger partial charge in [-0.3, -0.25) is 19.2 Å². The predicted octanol–water partition coefficient (Wildman–Crippen LogP) is 3.93. The summed E-state index contributed by atoms with van der Waals surface area (Å²) in [5.74, 6) is -1.58. The van der Waals surface area contributed by atoms with E-state index in [1.165, 1.54) is 7.11 Å². The van der Waals surface area contributed by atoms with Gasteiger partial charge in [0, 0.05) is 40.2 Å². The lowest BCUT2D eigenvalue weighted by molar-refractivity contribution is -0.156. The summed E-state index contributed by atoms with van der Waals surface area (Å²) in [5, 5.41) is 0. The van der Waals surface area contributed by atoms with Gasteiger partial charge < -0.3 is 9.47 Å². The van der Waals surface area contributed by atoms with E-state index in [1.807, 2.05) is 6.92 Å². The highest BCUT2D eigenvalue weighted by atomic mass is 16.5. The SMILES string of the molecule is COc1cccc2c1C(=O)c1ccc3c(c1C2=O)C(=O)CC(C)C3OC(=O)C(C)C. The first kappa shape index (κ1) is 20.0. The molecule has 2 atom stereocenters. The summed E-state index contributed by atoms with van der Waals surface area (Å²) in [6.07, 6.45) is -0.515. The molecule has 154 valence electrons. The van der Waals surface area contributed by atoms with Crippen molar-refractivity contribution in [3.05, 3.63) is 63.7 Å². The summed E-state index contributed by atoms with van der Waals surface area (Å²) in [6.45, 7) is 5.31. The first-order valence-corrected chi connectivity index (χ1v) is 9.93. The maximum Gasteiger partial charge on any atom is 0.308 e. The number of ether oxygens (including phenoxy) is 2. The molecule has 0 heterocycles. The fourth-order valence-electron chi connectivity index (χ4n) is 4.22. The van der Waals surface area contributed by atoms with Crippen LogP contribution in [0.2, 0.25) is 0 Å². The van der Waals surface area contributed by atoms with Gasteiger partial charge >= 0.3 is 5.97 Å². The minimum atomic E-state index is -0.646. The molecular formula is C24H22O6. The van der Waals surface area contributed by atoms with E-state index in [2.05, 4.69) is 0 Å². The quantitative estimate of drug-likeness (QED) is 0.613. The number of fused-ring (bicyclic) bond motifs is 4. The van der Waals surface area contributed by atoms with E-state index in [4.69, 9.17) is 9.47 Å². The Morgan fingerprint density at radius 2 is 1.63 bits per heavy atom. The molecular weight excluding hydrogens is 384 g/mol. The highest BCUT2D eigenvalue weighted by Crippen LogP contribution is 2.43. The van der Waals surface area contributed by atoms with Crippen LogP contribution in [0.4, 0.5) is 0 Å².